The second-order valence-corrected chi connectivity index (χ2v) is 16.2. The van der Waals surface area contributed by atoms with Gasteiger partial charge in [-0.15, -0.1) is 0 Å². The van der Waals surface area contributed by atoms with Crippen molar-refractivity contribution in [3.63, 3.8) is 0 Å². The predicted octanol–water partition coefficient (Wildman–Crippen LogP) is 11.9. The van der Waals surface area contributed by atoms with Crippen molar-refractivity contribution >= 4 is 74.4 Å². The van der Waals surface area contributed by atoms with Crippen LogP contribution in [0, 0.1) is 27.7 Å². The van der Waals surface area contributed by atoms with Gasteiger partial charge in [0, 0.05) is 20.1 Å². The summed E-state index contributed by atoms with van der Waals surface area (Å²) in [5, 5.41) is 2.86. The molecule has 0 aromatic heterocycles. The van der Waals surface area contributed by atoms with E-state index in [1.165, 1.54) is 82.0 Å². The van der Waals surface area contributed by atoms with E-state index in [1.54, 1.807) is 0 Å². The summed E-state index contributed by atoms with van der Waals surface area (Å²) < 4.78 is 1.42. The van der Waals surface area contributed by atoms with Crippen molar-refractivity contribution in [3.05, 3.63) is 115 Å². The second kappa shape index (κ2) is 20.3. The van der Waals surface area contributed by atoms with Crippen LogP contribution in [0.25, 0.3) is 0 Å². The molecule has 0 amide bonds. The van der Waals surface area contributed by atoms with Gasteiger partial charge in [-0.05, 0) is 75.6 Å². The van der Waals surface area contributed by atoms with Crippen LogP contribution in [-0.4, -0.2) is 36.8 Å². The molecule has 0 radical (unpaired) electrons. The standard InChI is InChI=1S/C28H24BCl4.C16H36N/c1-17-5-9-21(13-25(17)30)29(22-10-6-18(2)26(31)14-22,23-11-7-19(3)27(32)15-23)24-12-8-20(4)28(33)16-24;1-5-9-13-17(14-10-6-2,15-11-7-3)16-12-8-4/h5-16H,1-4H3;5-16H2,1-4H3/q-1;+1. The molecule has 0 saturated heterocycles. The van der Waals surface area contributed by atoms with Gasteiger partial charge in [0.25, 0.3) is 0 Å². The van der Waals surface area contributed by atoms with Gasteiger partial charge in [0.15, 0.2) is 0 Å². The zero-order valence-electron chi connectivity index (χ0n) is 31.9. The van der Waals surface area contributed by atoms with Crippen LogP contribution in [-0.2, 0) is 0 Å². The number of nitrogens with zero attached hydrogens (tertiary/aromatic N) is 1. The smallest absolute Gasteiger partial charge is 0.108 e. The van der Waals surface area contributed by atoms with Gasteiger partial charge in [-0.1, -0.05) is 173 Å². The highest BCUT2D eigenvalue weighted by molar-refractivity contribution is 7.20. The Bertz CT molecular complexity index is 1420. The lowest BCUT2D eigenvalue weighted by molar-refractivity contribution is -0.929. The van der Waals surface area contributed by atoms with Crippen LogP contribution in [0.4, 0.5) is 0 Å². The molecule has 0 fully saturated rings. The monoisotopic (exact) mass is 753 g/mol. The molecule has 0 spiro atoms. The summed E-state index contributed by atoms with van der Waals surface area (Å²) >= 11 is 26.7. The van der Waals surface area contributed by atoms with Crippen LogP contribution >= 0.6 is 46.4 Å². The molecule has 50 heavy (non-hydrogen) atoms. The molecular weight excluding hydrogens is 695 g/mol. The van der Waals surface area contributed by atoms with E-state index >= 15 is 0 Å². The first-order valence-corrected chi connectivity index (χ1v) is 20.5. The van der Waals surface area contributed by atoms with Crippen molar-refractivity contribution in [2.75, 3.05) is 26.2 Å². The highest BCUT2D eigenvalue weighted by Gasteiger charge is 2.33. The van der Waals surface area contributed by atoms with Gasteiger partial charge >= 0.3 is 0 Å². The first kappa shape index (κ1) is 42.5. The van der Waals surface area contributed by atoms with Crippen molar-refractivity contribution < 1.29 is 4.48 Å². The Morgan fingerprint density at radius 1 is 0.400 bits per heavy atom. The molecule has 272 valence electrons. The number of quaternary nitrogens is 1. The zero-order valence-corrected chi connectivity index (χ0v) is 35.0. The van der Waals surface area contributed by atoms with Gasteiger partial charge in [0.2, 0.25) is 0 Å². The third-order valence-corrected chi connectivity index (χ3v) is 12.4. The lowest BCUT2D eigenvalue weighted by atomic mass is 9.13. The number of halogens is 4. The van der Waals surface area contributed by atoms with Crippen LogP contribution in [0.3, 0.4) is 0 Å². The average Bonchev–Trinajstić information content (AvgIpc) is 3.10. The van der Waals surface area contributed by atoms with Gasteiger partial charge in [-0.25, -0.2) is 0 Å². The lowest BCUT2D eigenvalue weighted by Crippen LogP contribution is -2.74. The van der Waals surface area contributed by atoms with E-state index in [9.17, 15) is 0 Å². The van der Waals surface area contributed by atoms with Crippen LogP contribution in [0.1, 0.15) is 101 Å². The fourth-order valence-corrected chi connectivity index (χ4v) is 8.07. The molecule has 0 heterocycles. The average molecular weight is 756 g/mol. The molecule has 0 atom stereocenters. The van der Waals surface area contributed by atoms with Crippen LogP contribution < -0.4 is 21.9 Å². The third-order valence-electron chi connectivity index (χ3n) is 10.7. The van der Waals surface area contributed by atoms with E-state index < -0.39 is 6.15 Å². The SMILES string of the molecule is CCCC[N+](CCCC)(CCCC)CCCC.Cc1ccc([B-](c2ccc(C)c(Cl)c2)(c2ccc(C)c(Cl)c2)c2ccc(C)c(Cl)c2)cc1Cl. The molecule has 4 aromatic rings. The predicted molar refractivity (Wildman–Crippen MR) is 228 cm³/mol. The molecule has 0 aliphatic carbocycles. The van der Waals surface area contributed by atoms with Crippen LogP contribution in [0.5, 0.6) is 0 Å². The minimum Gasteiger partial charge on any atom is -0.324 e. The Morgan fingerprint density at radius 3 is 0.800 bits per heavy atom. The Morgan fingerprint density at radius 2 is 0.620 bits per heavy atom. The van der Waals surface area contributed by atoms with E-state index in [1.807, 2.05) is 27.7 Å². The van der Waals surface area contributed by atoms with E-state index in [2.05, 4.69) is 100 Å². The van der Waals surface area contributed by atoms with Gasteiger partial charge in [0.05, 0.1) is 26.2 Å². The summed E-state index contributed by atoms with van der Waals surface area (Å²) in [6.07, 6.45) is 9.37. The largest absolute Gasteiger partial charge is 0.324 e. The van der Waals surface area contributed by atoms with Gasteiger partial charge < -0.3 is 4.48 Å². The van der Waals surface area contributed by atoms with E-state index in [4.69, 9.17) is 46.4 Å². The molecule has 0 N–H and O–H groups in total. The minimum atomic E-state index is -1.69. The first-order chi connectivity index (χ1) is 23.9. The number of benzene rings is 4. The summed E-state index contributed by atoms with van der Waals surface area (Å²) in [4.78, 5) is 0. The number of unbranched alkanes of at least 4 members (excludes halogenated alkanes) is 4. The highest BCUT2D eigenvalue weighted by Crippen LogP contribution is 2.23. The molecule has 0 aliphatic rings. The quantitative estimate of drug-likeness (QED) is 0.0789. The third kappa shape index (κ3) is 10.6. The van der Waals surface area contributed by atoms with Crippen molar-refractivity contribution in [1.82, 2.24) is 0 Å². The van der Waals surface area contributed by atoms with E-state index in [-0.39, 0.29) is 0 Å². The molecule has 1 nitrogen and oxygen atoms in total. The Kier molecular flexibility index (Phi) is 17.3. The molecule has 0 bridgehead atoms. The number of aryl methyl sites for hydroxylation is 4. The summed E-state index contributed by atoms with van der Waals surface area (Å²) in [6, 6.07) is 25.1. The van der Waals surface area contributed by atoms with Gasteiger partial charge in [-0.3, -0.25) is 0 Å². The van der Waals surface area contributed by atoms with Crippen molar-refractivity contribution in [1.29, 1.82) is 0 Å². The number of hydrogen-bond donors (Lipinski definition) is 0. The molecule has 6 heteroatoms. The topological polar surface area (TPSA) is 0 Å². The fourth-order valence-electron chi connectivity index (χ4n) is 7.31. The maximum Gasteiger partial charge on any atom is 0.108 e. The zero-order chi connectivity index (χ0) is 36.9. The Labute approximate surface area is 325 Å². The van der Waals surface area contributed by atoms with Gasteiger partial charge in [-0.2, -0.15) is 21.9 Å². The summed E-state index contributed by atoms with van der Waals surface area (Å²) in [5.41, 5.74) is 8.39. The van der Waals surface area contributed by atoms with Crippen LogP contribution in [0.15, 0.2) is 72.8 Å². The Hall–Kier alpha value is -1.94. The number of hydrogen-bond acceptors (Lipinski definition) is 0. The normalized spacial score (nSPS) is 11.8. The van der Waals surface area contributed by atoms with Crippen molar-refractivity contribution in [2.45, 2.75) is 107 Å². The molecule has 4 aromatic carbocycles. The summed E-state index contributed by atoms with van der Waals surface area (Å²) in [6.45, 7) is 23.1. The first-order valence-electron chi connectivity index (χ1n) is 19.0. The van der Waals surface area contributed by atoms with E-state index in [0.29, 0.717) is 20.1 Å². The lowest BCUT2D eigenvalue weighted by Gasteiger charge is -2.45. The highest BCUT2D eigenvalue weighted by atomic mass is 35.5. The molecular formula is C44H60BCl4N. The molecule has 0 unspecified atom stereocenters. The number of rotatable bonds is 16. The maximum atomic E-state index is 6.68. The fraction of sp³-hybridized carbons (Fsp3) is 0.455. The molecule has 0 saturated carbocycles. The molecule has 4 rings (SSSR count). The molecule has 0 aliphatic heterocycles. The minimum absolute atomic E-state index is 0.716. The van der Waals surface area contributed by atoms with Crippen molar-refractivity contribution in [2.24, 2.45) is 0 Å². The summed E-state index contributed by atoms with van der Waals surface area (Å²) in [5.74, 6) is 0. The van der Waals surface area contributed by atoms with E-state index in [0.717, 1.165) is 44.1 Å². The second-order valence-electron chi connectivity index (χ2n) is 14.6. The maximum absolute atomic E-state index is 6.68. The van der Waals surface area contributed by atoms with Crippen molar-refractivity contribution in [3.8, 4) is 0 Å². The van der Waals surface area contributed by atoms with Crippen LogP contribution in [0.2, 0.25) is 20.1 Å². The summed E-state index contributed by atoms with van der Waals surface area (Å²) in [7, 11) is 0. The Balaban J connectivity index is 0.000000338. The van der Waals surface area contributed by atoms with Gasteiger partial charge in [0.1, 0.15) is 6.15 Å².